The molecule has 32 heavy (non-hydrogen) atoms. The number of nitrogens with zero attached hydrogens (tertiary/aromatic N) is 3. The van der Waals surface area contributed by atoms with Gasteiger partial charge in [0.15, 0.2) is 0 Å². The fourth-order valence-corrected chi connectivity index (χ4v) is 4.64. The molecule has 2 aliphatic heterocycles. The molecule has 0 aliphatic carbocycles. The Morgan fingerprint density at radius 3 is 2.44 bits per heavy atom. The first kappa shape index (κ1) is 22.5. The lowest BCUT2D eigenvalue weighted by Crippen LogP contribution is -2.54. The van der Waals surface area contributed by atoms with Crippen LogP contribution in [0.2, 0.25) is 0 Å². The number of fused-ring (bicyclic) bond motifs is 1. The fourth-order valence-electron chi connectivity index (χ4n) is 4.64. The van der Waals surface area contributed by atoms with Crippen LogP contribution in [-0.2, 0) is 17.4 Å². The molecular formula is C21H27F3N6O2. The summed E-state index contributed by atoms with van der Waals surface area (Å²) in [5.41, 5.74) is 4.10. The molecule has 1 aromatic carbocycles. The van der Waals surface area contributed by atoms with Crippen molar-refractivity contribution in [1.29, 1.82) is 0 Å². The number of aromatic nitrogens is 2. The number of piperazine rings is 1. The minimum absolute atomic E-state index is 0.0189. The molecule has 2 amide bonds. The van der Waals surface area contributed by atoms with Gasteiger partial charge in [-0.25, -0.2) is 0 Å². The number of nitrogens with two attached hydrogens (primary N) is 1. The van der Waals surface area contributed by atoms with E-state index < -0.39 is 17.6 Å². The molecule has 1 aromatic heterocycles. The lowest BCUT2D eigenvalue weighted by molar-refractivity contribution is -0.136. The van der Waals surface area contributed by atoms with Crippen molar-refractivity contribution in [3.05, 3.63) is 29.0 Å². The summed E-state index contributed by atoms with van der Waals surface area (Å²) in [6, 6.07) is 3.00. The number of H-pyrrole nitrogens is 1. The summed E-state index contributed by atoms with van der Waals surface area (Å²) in [7, 11) is 0. The normalized spacial score (nSPS) is 18.9. The summed E-state index contributed by atoms with van der Waals surface area (Å²) >= 11 is 0. The van der Waals surface area contributed by atoms with E-state index in [1.54, 1.807) is 4.90 Å². The van der Waals surface area contributed by atoms with Crippen molar-refractivity contribution in [2.45, 2.75) is 37.9 Å². The van der Waals surface area contributed by atoms with E-state index in [9.17, 15) is 22.8 Å². The fraction of sp³-hybridized carbons (Fsp3) is 0.571. The van der Waals surface area contributed by atoms with Crippen molar-refractivity contribution in [3.63, 3.8) is 0 Å². The van der Waals surface area contributed by atoms with Crippen molar-refractivity contribution in [2.75, 3.05) is 39.3 Å². The number of alkyl halides is 3. The smallest absolute Gasteiger partial charge is 0.364 e. The first-order valence-electron chi connectivity index (χ1n) is 10.8. The molecule has 2 aromatic rings. The van der Waals surface area contributed by atoms with Gasteiger partial charge in [-0.3, -0.25) is 19.6 Å². The summed E-state index contributed by atoms with van der Waals surface area (Å²) in [5.74, 6) is -0.966. The lowest BCUT2D eigenvalue weighted by atomic mass is 10.0. The van der Waals surface area contributed by atoms with Crippen LogP contribution >= 0.6 is 0 Å². The van der Waals surface area contributed by atoms with E-state index in [1.807, 2.05) is 0 Å². The standard InChI is InChI=1S/C21H27F3N6O2/c22-21(23,24)16-12-13(11-15-18(16)27-28-19(15)20(25)32)1-2-17(31)30-9-7-29(8-10-30)14-3-5-26-6-4-14/h11-12,14,26H,1-10H2,(H2,25,32)(H,27,28). The summed E-state index contributed by atoms with van der Waals surface area (Å²) in [6.07, 6.45) is -2.19. The molecular weight excluding hydrogens is 425 g/mol. The van der Waals surface area contributed by atoms with E-state index in [0.717, 1.165) is 45.1 Å². The summed E-state index contributed by atoms with van der Waals surface area (Å²) in [5, 5.41) is 9.30. The maximum atomic E-state index is 13.5. The highest BCUT2D eigenvalue weighted by atomic mass is 19.4. The van der Waals surface area contributed by atoms with E-state index in [2.05, 4.69) is 20.4 Å². The number of halogens is 3. The third-order valence-electron chi connectivity index (χ3n) is 6.39. The average Bonchev–Trinajstić information content (AvgIpc) is 3.21. The van der Waals surface area contributed by atoms with Gasteiger partial charge in [0.2, 0.25) is 5.91 Å². The highest BCUT2D eigenvalue weighted by Crippen LogP contribution is 2.36. The van der Waals surface area contributed by atoms with Gasteiger partial charge in [0.05, 0.1) is 5.56 Å². The van der Waals surface area contributed by atoms with Crippen LogP contribution in [0, 0.1) is 0 Å². The van der Waals surface area contributed by atoms with Crippen LogP contribution in [0.4, 0.5) is 13.2 Å². The maximum absolute atomic E-state index is 13.5. The Morgan fingerprint density at radius 1 is 1.12 bits per heavy atom. The van der Waals surface area contributed by atoms with E-state index in [1.165, 1.54) is 6.07 Å². The number of hydrogen-bond donors (Lipinski definition) is 3. The van der Waals surface area contributed by atoms with E-state index in [-0.39, 0.29) is 35.3 Å². The Bertz CT molecular complexity index is 991. The monoisotopic (exact) mass is 452 g/mol. The van der Waals surface area contributed by atoms with Gasteiger partial charge in [0.25, 0.3) is 5.91 Å². The molecule has 2 aliphatic rings. The number of benzene rings is 1. The molecule has 4 rings (SSSR count). The maximum Gasteiger partial charge on any atom is 0.418 e. The largest absolute Gasteiger partial charge is 0.418 e. The molecule has 0 radical (unpaired) electrons. The predicted octanol–water partition coefficient (Wildman–Crippen LogP) is 1.51. The van der Waals surface area contributed by atoms with Gasteiger partial charge in [0, 0.05) is 44.0 Å². The highest BCUT2D eigenvalue weighted by Gasteiger charge is 2.35. The Labute approximate surface area is 183 Å². The molecule has 0 bridgehead atoms. The number of aromatic amines is 1. The first-order valence-corrected chi connectivity index (χ1v) is 10.8. The van der Waals surface area contributed by atoms with Gasteiger partial charge >= 0.3 is 6.18 Å². The molecule has 174 valence electrons. The van der Waals surface area contributed by atoms with Crippen LogP contribution < -0.4 is 11.1 Å². The second-order valence-corrected chi connectivity index (χ2v) is 8.40. The van der Waals surface area contributed by atoms with Gasteiger partial charge in [-0.2, -0.15) is 18.3 Å². The SMILES string of the molecule is NC(=O)c1[nH]nc2c(C(F)(F)F)cc(CCC(=O)N3CCN(C4CCNCC4)CC3)cc12. The number of amides is 2. The Morgan fingerprint density at radius 2 is 1.81 bits per heavy atom. The average molecular weight is 452 g/mol. The summed E-state index contributed by atoms with van der Waals surface area (Å²) < 4.78 is 40.6. The van der Waals surface area contributed by atoms with Crippen molar-refractivity contribution in [3.8, 4) is 0 Å². The van der Waals surface area contributed by atoms with Crippen LogP contribution in [0.5, 0.6) is 0 Å². The van der Waals surface area contributed by atoms with Crippen LogP contribution in [0.15, 0.2) is 12.1 Å². The predicted molar refractivity (Wildman–Crippen MR) is 112 cm³/mol. The molecule has 2 saturated heterocycles. The minimum Gasteiger partial charge on any atom is -0.364 e. The topological polar surface area (TPSA) is 107 Å². The van der Waals surface area contributed by atoms with Gasteiger partial charge in [-0.05, 0) is 50.0 Å². The highest BCUT2D eigenvalue weighted by molar-refractivity contribution is 6.04. The Hall–Kier alpha value is -2.66. The van der Waals surface area contributed by atoms with Crippen molar-refractivity contribution in [2.24, 2.45) is 5.73 Å². The lowest BCUT2D eigenvalue weighted by Gasteiger charge is -2.41. The minimum atomic E-state index is -4.65. The summed E-state index contributed by atoms with van der Waals surface area (Å²) in [6.45, 7) is 4.92. The molecule has 2 fully saturated rings. The zero-order valence-corrected chi connectivity index (χ0v) is 17.7. The third-order valence-corrected chi connectivity index (χ3v) is 6.39. The summed E-state index contributed by atoms with van der Waals surface area (Å²) in [4.78, 5) is 28.5. The molecule has 0 spiro atoms. The quantitative estimate of drug-likeness (QED) is 0.638. The molecule has 4 N–H and O–H groups in total. The van der Waals surface area contributed by atoms with Crippen LogP contribution in [-0.4, -0.2) is 77.1 Å². The third kappa shape index (κ3) is 4.73. The zero-order chi connectivity index (χ0) is 22.9. The van der Waals surface area contributed by atoms with Crippen molar-refractivity contribution < 1.29 is 22.8 Å². The Kier molecular flexibility index (Phi) is 6.38. The number of aryl methyl sites for hydroxylation is 1. The molecule has 11 heteroatoms. The number of primary amides is 1. The number of nitrogens with one attached hydrogen (secondary N) is 2. The molecule has 0 saturated carbocycles. The molecule has 0 atom stereocenters. The van der Waals surface area contributed by atoms with Crippen LogP contribution in [0.3, 0.4) is 0 Å². The van der Waals surface area contributed by atoms with Crippen molar-refractivity contribution in [1.82, 2.24) is 25.3 Å². The van der Waals surface area contributed by atoms with Gasteiger partial charge in [-0.1, -0.05) is 0 Å². The number of hydrogen-bond acceptors (Lipinski definition) is 5. The second kappa shape index (κ2) is 9.07. The number of rotatable bonds is 5. The van der Waals surface area contributed by atoms with E-state index >= 15 is 0 Å². The number of carbonyl (C=O) groups excluding carboxylic acids is 2. The molecule has 0 unspecified atom stereocenters. The van der Waals surface area contributed by atoms with Gasteiger partial charge in [0.1, 0.15) is 11.2 Å². The van der Waals surface area contributed by atoms with E-state index in [4.69, 9.17) is 5.73 Å². The molecule has 3 heterocycles. The number of carbonyl (C=O) groups is 2. The Balaban J connectivity index is 1.42. The number of piperidine rings is 1. The zero-order valence-electron chi connectivity index (χ0n) is 17.7. The van der Waals surface area contributed by atoms with Crippen molar-refractivity contribution >= 4 is 22.7 Å². The molecule has 8 nitrogen and oxygen atoms in total. The first-order chi connectivity index (χ1) is 15.2. The second-order valence-electron chi connectivity index (χ2n) is 8.40. The van der Waals surface area contributed by atoms with E-state index in [0.29, 0.717) is 24.7 Å². The van der Waals surface area contributed by atoms with Crippen LogP contribution in [0.1, 0.15) is 40.9 Å². The van der Waals surface area contributed by atoms with Gasteiger partial charge < -0.3 is 16.0 Å². The van der Waals surface area contributed by atoms with Gasteiger partial charge in [-0.15, -0.1) is 0 Å². The van der Waals surface area contributed by atoms with Crippen LogP contribution in [0.25, 0.3) is 10.9 Å².